The van der Waals surface area contributed by atoms with E-state index in [1.807, 2.05) is 35.4 Å². The maximum atomic E-state index is 11.8. The molecule has 1 unspecified atom stereocenters. The van der Waals surface area contributed by atoms with Crippen molar-refractivity contribution in [3.63, 3.8) is 0 Å². The average molecular weight is 383 g/mol. The predicted molar refractivity (Wildman–Crippen MR) is 96.8 cm³/mol. The van der Waals surface area contributed by atoms with Crippen LogP contribution < -0.4 is 4.90 Å². The van der Waals surface area contributed by atoms with Gasteiger partial charge >= 0.3 is 0 Å². The van der Waals surface area contributed by atoms with Crippen molar-refractivity contribution >= 4 is 42.9 Å². The standard InChI is InChI=1S/C15H15ClN4O2S2/c1-10-8-19(6-7-24(10,21)22)15-18-20-9-13(17-14(20)23-15)11-2-4-12(16)5-3-11/h2-5,9-10H,6-8H2,1H3. The lowest BCUT2D eigenvalue weighted by Gasteiger charge is -2.30. The van der Waals surface area contributed by atoms with Crippen LogP contribution in [0.3, 0.4) is 0 Å². The maximum absolute atomic E-state index is 11.8. The quantitative estimate of drug-likeness (QED) is 0.681. The number of imidazole rings is 1. The van der Waals surface area contributed by atoms with Gasteiger partial charge in [0.2, 0.25) is 10.1 Å². The molecule has 3 aromatic rings. The molecule has 9 heteroatoms. The molecule has 0 spiro atoms. The summed E-state index contributed by atoms with van der Waals surface area (Å²) < 4.78 is 25.4. The van der Waals surface area contributed by atoms with E-state index < -0.39 is 9.84 Å². The van der Waals surface area contributed by atoms with E-state index in [-0.39, 0.29) is 11.0 Å². The molecule has 6 nitrogen and oxygen atoms in total. The van der Waals surface area contributed by atoms with Crippen molar-refractivity contribution in [1.82, 2.24) is 14.6 Å². The highest BCUT2D eigenvalue weighted by atomic mass is 35.5. The molecule has 1 aliphatic rings. The van der Waals surface area contributed by atoms with Crippen LogP contribution in [-0.4, -0.2) is 47.1 Å². The third-order valence-electron chi connectivity index (χ3n) is 4.18. The summed E-state index contributed by atoms with van der Waals surface area (Å²) in [6.07, 6.45) is 1.88. The minimum atomic E-state index is -2.96. The Labute approximate surface area is 148 Å². The fraction of sp³-hybridized carbons (Fsp3) is 0.333. The molecule has 1 saturated heterocycles. The van der Waals surface area contributed by atoms with Gasteiger partial charge in [-0.15, -0.1) is 5.10 Å². The number of hydrogen-bond acceptors (Lipinski definition) is 6. The molecule has 1 aliphatic heterocycles. The molecule has 3 heterocycles. The number of aromatic nitrogens is 3. The summed E-state index contributed by atoms with van der Waals surface area (Å²) in [5.74, 6) is 0.173. The van der Waals surface area contributed by atoms with Gasteiger partial charge in [0.1, 0.15) is 0 Å². The second-order valence-electron chi connectivity index (χ2n) is 5.87. The number of rotatable bonds is 2. The average Bonchev–Trinajstić information content (AvgIpc) is 3.09. The molecular formula is C15H15ClN4O2S2. The van der Waals surface area contributed by atoms with Gasteiger partial charge < -0.3 is 4.90 Å². The third kappa shape index (κ3) is 2.78. The van der Waals surface area contributed by atoms with Crippen molar-refractivity contribution in [1.29, 1.82) is 0 Å². The molecule has 0 N–H and O–H groups in total. The SMILES string of the molecule is CC1CN(c2nn3cc(-c4ccc(Cl)cc4)nc3s2)CCS1(=O)=O. The van der Waals surface area contributed by atoms with E-state index in [2.05, 4.69) is 10.1 Å². The molecule has 2 aromatic heterocycles. The van der Waals surface area contributed by atoms with Gasteiger partial charge in [-0.3, -0.25) is 0 Å². The van der Waals surface area contributed by atoms with Gasteiger partial charge in [-0.05, 0) is 19.1 Å². The Kier molecular flexibility index (Phi) is 3.78. The van der Waals surface area contributed by atoms with Crippen LogP contribution in [-0.2, 0) is 9.84 Å². The molecule has 1 atom stereocenters. The van der Waals surface area contributed by atoms with E-state index in [1.165, 1.54) is 11.3 Å². The fourth-order valence-electron chi connectivity index (χ4n) is 2.70. The van der Waals surface area contributed by atoms with Crippen LogP contribution in [0.1, 0.15) is 6.92 Å². The van der Waals surface area contributed by atoms with E-state index in [0.717, 1.165) is 21.3 Å². The fourth-order valence-corrected chi connectivity index (χ4v) is 5.03. The van der Waals surface area contributed by atoms with Crippen molar-refractivity contribution in [2.24, 2.45) is 0 Å². The highest BCUT2D eigenvalue weighted by Crippen LogP contribution is 2.29. The van der Waals surface area contributed by atoms with Crippen LogP contribution in [0, 0.1) is 0 Å². The summed E-state index contributed by atoms with van der Waals surface area (Å²) >= 11 is 7.38. The van der Waals surface area contributed by atoms with Crippen LogP contribution in [0.15, 0.2) is 30.5 Å². The maximum Gasteiger partial charge on any atom is 0.214 e. The minimum Gasteiger partial charge on any atom is -0.344 e. The van der Waals surface area contributed by atoms with Gasteiger partial charge in [-0.25, -0.2) is 17.9 Å². The molecule has 24 heavy (non-hydrogen) atoms. The first-order valence-corrected chi connectivity index (χ1v) is 10.4. The number of fused-ring (bicyclic) bond motifs is 1. The molecular weight excluding hydrogens is 368 g/mol. The highest BCUT2D eigenvalue weighted by molar-refractivity contribution is 7.92. The topological polar surface area (TPSA) is 67.6 Å². The number of hydrogen-bond donors (Lipinski definition) is 0. The zero-order valence-corrected chi connectivity index (χ0v) is 15.3. The summed E-state index contributed by atoms with van der Waals surface area (Å²) in [5, 5.41) is 5.69. The lowest BCUT2D eigenvalue weighted by Crippen LogP contribution is -2.45. The summed E-state index contributed by atoms with van der Waals surface area (Å²) in [5.41, 5.74) is 1.82. The van der Waals surface area contributed by atoms with Crippen molar-refractivity contribution in [2.75, 3.05) is 23.7 Å². The van der Waals surface area contributed by atoms with Crippen LogP contribution in [0.2, 0.25) is 5.02 Å². The van der Waals surface area contributed by atoms with E-state index >= 15 is 0 Å². The Morgan fingerprint density at radius 1 is 1.29 bits per heavy atom. The van der Waals surface area contributed by atoms with Crippen molar-refractivity contribution in [3.8, 4) is 11.3 Å². The molecule has 4 rings (SSSR count). The molecule has 1 fully saturated rings. The Morgan fingerprint density at radius 2 is 2.04 bits per heavy atom. The van der Waals surface area contributed by atoms with E-state index in [0.29, 0.717) is 18.1 Å². The van der Waals surface area contributed by atoms with E-state index in [1.54, 1.807) is 11.4 Å². The number of halogens is 1. The molecule has 0 radical (unpaired) electrons. The normalized spacial score (nSPS) is 20.6. The van der Waals surface area contributed by atoms with Gasteiger partial charge in [0, 0.05) is 23.7 Å². The number of benzene rings is 1. The molecule has 0 bridgehead atoms. The monoisotopic (exact) mass is 382 g/mol. The van der Waals surface area contributed by atoms with Crippen LogP contribution in [0.25, 0.3) is 16.2 Å². The van der Waals surface area contributed by atoms with E-state index in [9.17, 15) is 8.42 Å². The minimum absolute atomic E-state index is 0.173. The second-order valence-corrected chi connectivity index (χ2v) is 9.78. The second kappa shape index (κ2) is 5.72. The smallest absolute Gasteiger partial charge is 0.214 e. The van der Waals surface area contributed by atoms with Crippen LogP contribution in [0.5, 0.6) is 0 Å². The number of nitrogens with zero attached hydrogens (tertiary/aromatic N) is 4. The Morgan fingerprint density at radius 3 is 2.71 bits per heavy atom. The van der Waals surface area contributed by atoms with Gasteiger partial charge in [0.05, 0.1) is 22.9 Å². The third-order valence-corrected chi connectivity index (χ3v) is 7.54. The van der Waals surface area contributed by atoms with Crippen molar-refractivity contribution in [3.05, 3.63) is 35.5 Å². The summed E-state index contributed by atoms with van der Waals surface area (Å²) in [6, 6.07) is 7.51. The summed E-state index contributed by atoms with van der Waals surface area (Å²) in [4.78, 5) is 7.42. The lowest BCUT2D eigenvalue weighted by atomic mass is 10.2. The first-order valence-electron chi connectivity index (χ1n) is 7.51. The molecule has 0 saturated carbocycles. The molecule has 0 amide bonds. The van der Waals surface area contributed by atoms with Gasteiger partial charge in [-0.2, -0.15) is 0 Å². The Bertz CT molecular complexity index is 963. The zero-order valence-electron chi connectivity index (χ0n) is 12.9. The highest BCUT2D eigenvalue weighted by Gasteiger charge is 2.31. The molecule has 1 aromatic carbocycles. The summed E-state index contributed by atoms with van der Waals surface area (Å²) in [7, 11) is -2.96. The Balaban J connectivity index is 1.61. The number of sulfone groups is 1. The first kappa shape index (κ1) is 15.9. The molecule has 0 aliphatic carbocycles. The van der Waals surface area contributed by atoms with Gasteiger partial charge in [-0.1, -0.05) is 35.1 Å². The zero-order chi connectivity index (χ0) is 16.9. The first-order chi connectivity index (χ1) is 11.4. The lowest BCUT2D eigenvalue weighted by molar-refractivity contribution is 0.569. The van der Waals surface area contributed by atoms with Crippen molar-refractivity contribution < 1.29 is 8.42 Å². The van der Waals surface area contributed by atoms with Crippen molar-refractivity contribution in [2.45, 2.75) is 12.2 Å². The largest absolute Gasteiger partial charge is 0.344 e. The van der Waals surface area contributed by atoms with Crippen LogP contribution in [0.4, 0.5) is 5.13 Å². The van der Waals surface area contributed by atoms with E-state index in [4.69, 9.17) is 11.6 Å². The van der Waals surface area contributed by atoms with Gasteiger partial charge in [0.15, 0.2) is 9.84 Å². The van der Waals surface area contributed by atoms with Crippen LogP contribution >= 0.6 is 22.9 Å². The number of anilines is 1. The Hall–Kier alpha value is -1.64. The molecule has 126 valence electrons. The predicted octanol–water partition coefficient (Wildman–Crippen LogP) is 2.73. The summed E-state index contributed by atoms with van der Waals surface area (Å²) in [6.45, 7) is 2.70. The van der Waals surface area contributed by atoms with Gasteiger partial charge in [0.25, 0.3) is 0 Å².